The maximum atomic E-state index is 11.4. The molecule has 7 heteroatoms. The molecule has 2 aromatic heterocycles. The van der Waals surface area contributed by atoms with Crippen LogP contribution in [0.5, 0.6) is 0 Å². The summed E-state index contributed by atoms with van der Waals surface area (Å²) in [6.07, 6.45) is 3.40. The van der Waals surface area contributed by atoms with Gasteiger partial charge in [-0.15, -0.1) is 11.3 Å². The van der Waals surface area contributed by atoms with E-state index in [9.17, 15) is 4.79 Å². The van der Waals surface area contributed by atoms with E-state index in [1.54, 1.807) is 13.2 Å². The Morgan fingerprint density at radius 2 is 2.17 bits per heavy atom. The summed E-state index contributed by atoms with van der Waals surface area (Å²) in [6, 6.07) is 1.77. The molecule has 0 saturated carbocycles. The molecule has 2 aromatic rings. The van der Waals surface area contributed by atoms with Crippen molar-refractivity contribution >= 4 is 33.3 Å². The molecule has 1 aliphatic rings. The number of aromatic nitrogens is 2. The molecule has 1 saturated heterocycles. The van der Waals surface area contributed by atoms with E-state index in [1.807, 2.05) is 6.92 Å². The van der Waals surface area contributed by atoms with Gasteiger partial charge in [-0.3, -0.25) is 4.79 Å². The fraction of sp³-hybridized carbons (Fsp3) is 0.562. The third-order valence-electron chi connectivity index (χ3n) is 4.35. The van der Waals surface area contributed by atoms with Crippen LogP contribution < -0.4 is 10.6 Å². The fourth-order valence-corrected chi connectivity index (χ4v) is 4.05. The first kappa shape index (κ1) is 16.1. The number of piperidine rings is 1. The number of hydrogen-bond donors (Lipinski definition) is 1. The van der Waals surface area contributed by atoms with E-state index in [0.29, 0.717) is 10.8 Å². The molecule has 3 rings (SSSR count). The van der Waals surface area contributed by atoms with Gasteiger partial charge in [-0.1, -0.05) is 0 Å². The van der Waals surface area contributed by atoms with Gasteiger partial charge in [0.25, 0.3) is 5.91 Å². The smallest absolute Gasteiger partial charge is 0.258 e. The van der Waals surface area contributed by atoms with Crippen LogP contribution in [-0.2, 0) is 4.74 Å². The number of aryl methyl sites for hydroxylation is 1. The third-order valence-corrected chi connectivity index (χ3v) is 5.49. The van der Waals surface area contributed by atoms with Gasteiger partial charge in [0.1, 0.15) is 11.6 Å². The fourth-order valence-electron chi connectivity index (χ4n) is 3.08. The van der Waals surface area contributed by atoms with Crippen LogP contribution in [0.3, 0.4) is 0 Å². The molecule has 2 N–H and O–H groups in total. The van der Waals surface area contributed by atoms with E-state index < -0.39 is 5.91 Å². The average molecular weight is 334 g/mol. The van der Waals surface area contributed by atoms with Crippen LogP contribution in [0.1, 0.15) is 34.8 Å². The van der Waals surface area contributed by atoms with Crippen molar-refractivity contribution in [3.63, 3.8) is 0 Å². The maximum Gasteiger partial charge on any atom is 0.258 e. The second-order valence-corrected chi connectivity index (χ2v) is 7.05. The van der Waals surface area contributed by atoms with E-state index >= 15 is 0 Å². The van der Waals surface area contributed by atoms with Gasteiger partial charge in [0.05, 0.1) is 15.1 Å². The Balaban J connectivity index is 1.84. The molecule has 23 heavy (non-hydrogen) atoms. The van der Waals surface area contributed by atoms with Gasteiger partial charge in [-0.2, -0.15) is 0 Å². The maximum absolute atomic E-state index is 11.4. The molecule has 1 aliphatic heterocycles. The van der Waals surface area contributed by atoms with E-state index in [2.05, 4.69) is 14.9 Å². The zero-order chi connectivity index (χ0) is 16.4. The van der Waals surface area contributed by atoms with Crippen molar-refractivity contribution in [3.8, 4) is 0 Å². The quantitative estimate of drug-likeness (QED) is 0.908. The zero-order valence-corrected chi connectivity index (χ0v) is 14.4. The number of anilines is 1. The summed E-state index contributed by atoms with van der Waals surface area (Å²) in [6.45, 7) is 4.66. The van der Waals surface area contributed by atoms with Crippen LogP contribution in [0.15, 0.2) is 6.07 Å². The summed E-state index contributed by atoms with van der Waals surface area (Å²) in [4.78, 5) is 23.4. The number of thiophene rings is 1. The molecule has 0 aromatic carbocycles. The Bertz CT molecular complexity index is 707. The Kier molecular flexibility index (Phi) is 4.77. The average Bonchev–Trinajstić information content (AvgIpc) is 2.97. The van der Waals surface area contributed by atoms with Gasteiger partial charge in [-0.05, 0) is 38.2 Å². The minimum Gasteiger partial charge on any atom is -0.385 e. The number of nitrogens with zero attached hydrogens (tertiary/aromatic N) is 3. The Morgan fingerprint density at radius 1 is 1.43 bits per heavy atom. The molecule has 0 spiro atoms. The van der Waals surface area contributed by atoms with Crippen LogP contribution in [0, 0.1) is 12.8 Å². The van der Waals surface area contributed by atoms with Crippen molar-refractivity contribution in [1.29, 1.82) is 0 Å². The lowest BCUT2D eigenvalue weighted by Gasteiger charge is -2.33. The monoisotopic (exact) mass is 334 g/mol. The number of nitrogens with two attached hydrogens (primary N) is 1. The molecule has 3 heterocycles. The van der Waals surface area contributed by atoms with Crippen molar-refractivity contribution in [2.45, 2.75) is 26.2 Å². The number of primary amides is 1. The molecule has 6 nitrogen and oxygen atoms in total. The highest BCUT2D eigenvalue weighted by atomic mass is 32.1. The van der Waals surface area contributed by atoms with E-state index in [0.717, 1.165) is 60.8 Å². The van der Waals surface area contributed by atoms with Gasteiger partial charge in [-0.25, -0.2) is 9.97 Å². The number of hydrogen-bond acceptors (Lipinski definition) is 6. The van der Waals surface area contributed by atoms with Crippen LogP contribution in [-0.4, -0.2) is 42.7 Å². The molecule has 1 fully saturated rings. The van der Waals surface area contributed by atoms with E-state index in [1.165, 1.54) is 11.3 Å². The van der Waals surface area contributed by atoms with Crippen LogP contribution in [0.4, 0.5) is 5.82 Å². The van der Waals surface area contributed by atoms with Gasteiger partial charge < -0.3 is 15.4 Å². The molecule has 0 atom stereocenters. The Morgan fingerprint density at radius 3 is 2.83 bits per heavy atom. The highest BCUT2D eigenvalue weighted by Crippen LogP contribution is 2.34. The minimum absolute atomic E-state index is 0.408. The molecule has 124 valence electrons. The van der Waals surface area contributed by atoms with Crippen molar-refractivity contribution < 1.29 is 9.53 Å². The third kappa shape index (κ3) is 3.45. The van der Waals surface area contributed by atoms with Gasteiger partial charge in [0.15, 0.2) is 0 Å². The number of methoxy groups -OCH3 is 1. The predicted molar refractivity (Wildman–Crippen MR) is 92.1 cm³/mol. The number of ether oxygens (including phenoxy) is 1. The lowest BCUT2D eigenvalue weighted by atomic mass is 9.94. The topological polar surface area (TPSA) is 81.3 Å². The second kappa shape index (κ2) is 6.80. The summed E-state index contributed by atoms with van der Waals surface area (Å²) < 4.78 is 6.14. The minimum atomic E-state index is -0.408. The lowest BCUT2D eigenvalue weighted by molar-refractivity contribution is 0.100. The first-order valence-electron chi connectivity index (χ1n) is 7.90. The van der Waals surface area contributed by atoms with Gasteiger partial charge >= 0.3 is 0 Å². The van der Waals surface area contributed by atoms with Crippen LogP contribution in [0.2, 0.25) is 0 Å². The molecule has 0 bridgehead atoms. The molecular weight excluding hydrogens is 312 g/mol. The van der Waals surface area contributed by atoms with Crippen molar-refractivity contribution in [2.24, 2.45) is 11.7 Å². The SMILES string of the molecule is COCCC1CCN(c2nc(C)nc3cc(C(N)=O)sc23)CC1. The molecule has 0 unspecified atom stereocenters. The summed E-state index contributed by atoms with van der Waals surface area (Å²) in [5, 5.41) is 0. The summed E-state index contributed by atoms with van der Waals surface area (Å²) in [7, 11) is 1.75. The van der Waals surface area contributed by atoms with E-state index in [-0.39, 0.29) is 0 Å². The molecular formula is C16H22N4O2S. The van der Waals surface area contributed by atoms with Crippen LogP contribution >= 0.6 is 11.3 Å². The number of fused-ring (bicyclic) bond motifs is 1. The summed E-state index contributed by atoms with van der Waals surface area (Å²) >= 11 is 1.39. The van der Waals surface area contributed by atoms with E-state index in [4.69, 9.17) is 10.5 Å². The number of rotatable bonds is 5. The van der Waals surface area contributed by atoms with Crippen molar-refractivity contribution in [2.75, 3.05) is 31.7 Å². The molecule has 0 radical (unpaired) electrons. The van der Waals surface area contributed by atoms with Gasteiger partial charge in [0, 0.05) is 26.8 Å². The largest absolute Gasteiger partial charge is 0.385 e. The number of carbonyl (C=O) groups excluding carboxylic acids is 1. The lowest BCUT2D eigenvalue weighted by Crippen LogP contribution is -2.34. The number of amides is 1. The Hall–Kier alpha value is -1.73. The van der Waals surface area contributed by atoms with Crippen LogP contribution in [0.25, 0.3) is 10.2 Å². The number of carbonyl (C=O) groups is 1. The summed E-state index contributed by atoms with van der Waals surface area (Å²) in [5.41, 5.74) is 6.22. The highest BCUT2D eigenvalue weighted by Gasteiger charge is 2.23. The zero-order valence-electron chi connectivity index (χ0n) is 13.5. The first-order valence-corrected chi connectivity index (χ1v) is 8.72. The molecule has 1 amide bonds. The first-order chi connectivity index (χ1) is 11.1. The van der Waals surface area contributed by atoms with Crippen molar-refractivity contribution in [1.82, 2.24) is 9.97 Å². The second-order valence-electron chi connectivity index (χ2n) is 6.00. The Labute approximate surface area is 139 Å². The molecule has 0 aliphatic carbocycles. The summed E-state index contributed by atoms with van der Waals surface area (Å²) in [5.74, 6) is 1.97. The standard InChI is InChI=1S/C16H22N4O2S/c1-10-18-12-9-13(15(17)21)23-14(12)16(19-10)20-6-3-11(4-7-20)5-8-22-2/h9,11H,3-8H2,1-2H3,(H2,17,21). The van der Waals surface area contributed by atoms with Crippen molar-refractivity contribution in [3.05, 3.63) is 16.8 Å². The predicted octanol–water partition coefficient (Wildman–Crippen LogP) is 2.35. The van der Waals surface area contributed by atoms with Gasteiger partial charge in [0.2, 0.25) is 0 Å². The normalized spacial score (nSPS) is 16.2. The highest BCUT2D eigenvalue weighted by molar-refractivity contribution is 7.21.